The highest BCUT2D eigenvalue weighted by Gasteiger charge is 2.25. The van der Waals surface area contributed by atoms with Gasteiger partial charge in [0, 0.05) is 39.7 Å². The van der Waals surface area contributed by atoms with E-state index in [1.807, 2.05) is 44.2 Å². The molecule has 1 saturated carbocycles. The summed E-state index contributed by atoms with van der Waals surface area (Å²) < 4.78 is 42.3. The molecule has 0 aliphatic heterocycles. The number of hydrogen-bond donors (Lipinski definition) is 1. The van der Waals surface area contributed by atoms with Crippen molar-refractivity contribution in [1.29, 1.82) is 0 Å². The third kappa shape index (κ3) is 4.52. The molecule has 7 nitrogen and oxygen atoms in total. The molecule has 0 atom stereocenters. The van der Waals surface area contributed by atoms with Gasteiger partial charge in [0.2, 0.25) is 0 Å². The van der Waals surface area contributed by atoms with E-state index in [4.69, 9.17) is 6.42 Å². The van der Waals surface area contributed by atoms with Crippen molar-refractivity contribution in [3.05, 3.63) is 70.1 Å². The standard InChI is InChI=1S/C31H28FN3O4S/c1-4-19-10-11-23-27(12-19)34-31-29(23)30(36)26-14-24(18(2)3)25(15-28(26)35(31)21-8-6-5-7-9-21)20-13-22(17-33-16-20)39-40(32,37)38/h1,10-18,21,34H,5-9H2,2-3H3. The summed E-state index contributed by atoms with van der Waals surface area (Å²) in [6.07, 6.45) is 13.7. The van der Waals surface area contributed by atoms with Gasteiger partial charge in [-0.05, 0) is 60.2 Å². The van der Waals surface area contributed by atoms with Gasteiger partial charge < -0.3 is 13.7 Å². The lowest BCUT2D eigenvalue weighted by atomic mass is 9.90. The molecular formula is C31H28FN3O4S. The Hall–Kier alpha value is -4.16. The van der Waals surface area contributed by atoms with Gasteiger partial charge in [0.05, 0.1) is 17.1 Å². The minimum atomic E-state index is -5.21. The first-order valence-corrected chi connectivity index (χ1v) is 14.7. The zero-order valence-corrected chi connectivity index (χ0v) is 23.0. The van der Waals surface area contributed by atoms with Crippen molar-refractivity contribution < 1.29 is 16.5 Å². The number of nitrogens with one attached hydrogen (secondary N) is 1. The van der Waals surface area contributed by atoms with Crippen molar-refractivity contribution in [2.24, 2.45) is 0 Å². The second kappa shape index (κ2) is 9.79. The number of nitrogens with zero attached hydrogens (tertiary/aromatic N) is 2. The Kier molecular flexibility index (Phi) is 6.38. The molecule has 0 saturated heterocycles. The zero-order valence-electron chi connectivity index (χ0n) is 22.2. The Balaban J connectivity index is 1.71. The molecule has 0 bridgehead atoms. The fraction of sp³-hybridized carbons (Fsp3) is 0.290. The average Bonchev–Trinajstić information content (AvgIpc) is 3.31. The van der Waals surface area contributed by atoms with Gasteiger partial charge in [-0.1, -0.05) is 49.0 Å². The Morgan fingerprint density at radius 1 is 1.10 bits per heavy atom. The molecule has 5 aromatic rings. The Morgan fingerprint density at radius 3 is 2.58 bits per heavy atom. The molecular weight excluding hydrogens is 529 g/mol. The van der Waals surface area contributed by atoms with Crippen LogP contribution in [0.25, 0.3) is 44.0 Å². The molecule has 3 aromatic heterocycles. The SMILES string of the molecule is C#Cc1ccc2c(c1)[nH]c1c2c(=O)c2cc(C(C)C)c(-c3cncc(OS(=O)(=O)F)c3)cc2n1C1CCCCC1. The first kappa shape index (κ1) is 26.1. The number of H-pyrrole nitrogens is 1. The Labute approximate surface area is 231 Å². The van der Waals surface area contributed by atoms with Crippen LogP contribution in [0.5, 0.6) is 5.75 Å². The van der Waals surface area contributed by atoms with Crippen LogP contribution in [0.15, 0.2) is 53.6 Å². The number of rotatable bonds is 5. The van der Waals surface area contributed by atoms with Gasteiger partial charge in [0.1, 0.15) is 5.65 Å². The Bertz CT molecular complexity index is 2010. The lowest BCUT2D eigenvalue weighted by Crippen LogP contribution is -2.18. The largest absolute Gasteiger partial charge is 0.488 e. The maximum Gasteiger partial charge on any atom is 0.488 e. The van der Waals surface area contributed by atoms with Crippen LogP contribution >= 0.6 is 0 Å². The summed E-state index contributed by atoms with van der Waals surface area (Å²) in [6.45, 7) is 4.05. The second-order valence-electron chi connectivity index (χ2n) is 10.7. The number of pyridine rings is 2. The van der Waals surface area contributed by atoms with Crippen LogP contribution < -0.4 is 9.61 Å². The van der Waals surface area contributed by atoms with Crippen LogP contribution in [-0.4, -0.2) is 23.0 Å². The minimum absolute atomic E-state index is 0.0215. The average molecular weight is 558 g/mol. The summed E-state index contributed by atoms with van der Waals surface area (Å²) in [7, 11) is -5.21. The third-order valence-electron chi connectivity index (χ3n) is 7.87. The van der Waals surface area contributed by atoms with Crippen LogP contribution in [0.2, 0.25) is 0 Å². The van der Waals surface area contributed by atoms with Crippen LogP contribution in [-0.2, 0) is 10.5 Å². The highest BCUT2D eigenvalue weighted by molar-refractivity contribution is 7.81. The van der Waals surface area contributed by atoms with E-state index in [1.165, 1.54) is 12.5 Å². The molecule has 2 aromatic carbocycles. The van der Waals surface area contributed by atoms with Crippen molar-refractivity contribution >= 4 is 43.3 Å². The summed E-state index contributed by atoms with van der Waals surface area (Å²) in [5.41, 5.74) is 5.23. The van der Waals surface area contributed by atoms with E-state index in [-0.39, 0.29) is 23.1 Å². The van der Waals surface area contributed by atoms with Gasteiger partial charge >= 0.3 is 10.5 Å². The van der Waals surface area contributed by atoms with E-state index >= 15 is 0 Å². The Morgan fingerprint density at radius 2 is 1.88 bits per heavy atom. The summed E-state index contributed by atoms with van der Waals surface area (Å²) >= 11 is 0. The maximum absolute atomic E-state index is 14.2. The van der Waals surface area contributed by atoms with Crippen LogP contribution in [0.3, 0.4) is 0 Å². The lowest BCUT2D eigenvalue weighted by molar-refractivity contribution is 0.365. The third-order valence-corrected chi connectivity index (χ3v) is 8.26. The van der Waals surface area contributed by atoms with Crippen LogP contribution in [0.1, 0.15) is 69.0 Å². The molecule has 204 valence electrons. The van der Waals surface area contributed by atoms with E-state index in [0.29, 0.717) is 16.3 Å². The van der Waals surface area contributed by atoms with Crippen LogP contribution in [0, 0.1) is 12.3 Å². The van der Waals surface area contributed by atoms with E-state index in [2.05, 4.69) is 24.6 Å². The molecule has 0 amide bonds. The quantitative estimate of drug-likeness (QED) is 0.187. The van der Waals surface area contributed by atoms with Gasteiger partial charge in [-0.25, -0.2) is 0 Å². The second-order valence-corrected chi connectivity index (χ2v) is 11.7. The fourth-order valence-electron chi connectivity index (χ4n) is 6.10. The van der Waals surface area contributed by atoms with Crippen LogP contribution in [0.4, 0.5) is 3.89 Å². The minimum Gasteiger partial charge on any atom is -0.357 e. The van der Waals surface area contributed by atoms with E-state index < -0.39 is 10.5 Å². The molecule has 1 N–H and O–H groups in total. The molecule has 1 aliphatic carbocycles. The zero-order chi connectivity index (χ0) is 28.2. The highest BCUT2D eigenvalue weighted by Crippen LogP contribution is 2.39. The summed E-state index contributed by atoms with van der Waals surface area (Å²) in [6, 6.07) is 11.2. The molecule has 1 aliphatic rings. The van der Waals surface area contributed by atoms with Crippen molar-refractivity contribution in [2.45, 2.75) is 57.9 Å². The number of hydrogen-bond acceptors (Lipinski definition) is 5. The molecule has 0 spiro atoms. The highest BCUT2D eigenvalue weighted by atomic mass is 32.3. The first-order valence-electron chi connectivity index (χ1n) is 13.4. The number of fused-ring (bicyclic) bond motifs is 4. The number of aromatic nitrogens is 3. The molecule has 0 unspecified atom stereocenters. The predicted octanol–water partition coefficient (Wildman–Crippen LogP) is 6.90. The topological polar surface area (TPSA) is 94.1 Å². The maximum atomic E-state index is 14.2. The van der Waals surface area contributed by atoms with Crippen molar-refractivity contribution in [3.8, 4) is 29.2 Å². The van der Waals surface area contributed by atoms with Gasteiger partial charge in [0.25, 0.3) is 0 Å². The monoisotopic (exact) mass is 557 g/mol. The number of aromatic amines is 1. The molecule has 3 heterocycles. The predicted molar refractivity (Wildman–Crippen MR) is 156 cm³/mol. The van der Waals surface area contributed by atoms with Crippen molar-refractivity contribution in [2.75, 3.05) is 0 Å². The molecule has 6 rings (SSSR count). The van der Waals surface area contributed by atoms with Gasteiger partial charge in [-0.2, -0.15) is 8.42 Å². The van der Waals surface area contributed by atoms with Gasteiger partial charge in [-0.15, -0.1) is 6.42 Å². The molecule has 1 fully saturated rings. The normalized spacial score (nSPS) is 14.8. The summed E-state index contributed by atoms with van der Waals surface area (Å²) in [4.78, 5) is 21.8. The lowest BCUT2D eigenvalue weighted by Gasteiger charge is -2.28. The van der Waals surface area contributed by atoms with E-state index in [0.717, 1.165) is 70.6 Å². The molecule has 9 heteroatoms. The van der Waals surface area contributed by atoms with Gasteiger partial charge in [0.15, 0.2) is 11.2 Å². The smallest absolute Gasteiger partial charge is 0.357 e. The summed E-state index contributed by atoms with van der Waals surface area (Å²) in [5, 5.41) is 2.09. The first-order chi connectivity index (χ1) is 19.1. The molecule has 0 radical (unpaired) electrons. The summed E-state index contributed by atoms with van der Waals surface area (Å²) in [5.74, 6) is 2.47. The van der Waals surface area contributed by atoms with Crippen molar-refractivity contribution in [1.82, 2.24) is 14.5 Å². The number of benzene rings is 2. The number of terminal acetylenes is 1. The molecule has 40 heavy (non-hydrogen) atoms. The fourth-order valence-corrected chi connectivity index (χ4v) is 6.42. The van der Waals surface area contributed by atoms with Crippen molar-refractivity contribution in [3.63, 3.8) is 0 Å². The van der Waals surface area contributed by atoms with E-state index in [9.17, 15) is 17.1 Å². The van der Waals surface area contributed by atoms with E-state index in [1.54, 1.807) is 6.20 Å². The van der Waals surface area contributed by atoms with Gasteiger partial charge in [-0.3, -0.25) is 9.78 Å². The number of halogens is 1.